The molecule has 0 aliphatic carbocycles. The first-order chi connectivity index (χ1) is 15.7. The molecule has 0 atom stereocenters. The summed E-state index contributed by atoms with van der Waals surface area (Å²) in [6, 6.07) is 8.14. The molecule has 2 rings (SSSR count). The summed E-state index contributed by atoms with van der Waals surface area (Å²) in [6.45, 7) is 19.0. The van der Waals surface area contributed by atoms with E-state index >= 15 is 0 Å². The van der Waals surface area contributed by atoms with Crippen LogP contribution in [0, 0.1) is 13.8 Å². The number of hydrogen-bond donors (Lipinski definition) is 1. The maximum Gasteiger partial charge on any atom is 0.312 e. The molecule has 0 bridgehead atoms. The van der Waals surface area contributed by atoms with Crippen LogP contribution in [0.5, 0.6) is 11.5 Å². The number of thioether (sulfide) groups is 1. The minimum Gasteiger partial charge on any atom is -0.508 e. The molecule has 3 nitrogen and oxygen atoms in total. The molecule has 2 aromatic rings. The average molecular weight is 503 g/mol. The Morgan fingerprint density at radius 1 is 0.882 bits per heavy atom. The normalized spacial score (nSPS) is 12.1. The van der Waals surface area contributed by atoms with Crippen LogP contribution in [0.3, 0.4) is 0 Å². The zero-order chi connectivity index (χ0) is 25.7. The van der Waals surface area contributed by atoms with Gasteiger partial charge in [-0.2, -0.15) is 11.8 Å². The molecule has 0 heterocycles. The number of phenols is 1. The van der Waals surface area contributed by atoms with Crippen molar-refractivity contribution in [2.24, 2.45) is 0 Å². The number of aromatic hydroxyl groups is 1. The standard InChI is InChI=1S/C29H42O3S2/c1-10-11-13-33-14-12-27(31)32-24-16-20(3)26(18-22(24)29(7,8)9)34-25-17-21(28(4,5)6)23(30)15-19(25)2/h15-18,30H,10-14H2,1-9H3. The number of unbranched alkanes of at least 4 members (excludes halogenated alkanes) is 1. The molecule has 34 heavy (non-hydrogen) atoms. The maximum absolute atomic E-state index is 12.6. The molecule has 0 radical (unpaired) electrons. The van der Waals surface area contributed by atoms with Crippen LogP contribution in [0.1, 0.15) is 90.0 Å². The maximum atomic E-state index is 12.6. The first-order valence-electron chi connectivity index (χ1n) is 12.2. The van der Waals surface area contributed by atoms with E-state index in [1.807, 2.05) is 30.8 Å². The van der Waals surface area contributed by atoms with Gasteiger partial charge in [-0.25, -0.2) is 0 Å². The quantitative estimate of drug-likeness (QED) is 0.211. The van der Waals surface area contributed by atoms with Gasteiger partial charge in [-0.3, -0.25) is 4.79 Å². The molecule has 0 fully saturated rings. The highest BCUT2D eigenvalue weighted by Crippen LogP contribution is 2.43. The molecular formula is C29H42O3S2. The van der Waals surface area contributed by atoms with Gasteiger partial charge in [-0.05, 0) is 72.2 Å². The van der Waals surface area contributed by atoms with Crippen LogP contribution in [-0.2, 0) is 15.6 Å². The second-order valence-corrected chi connectivity index (χ2v) is 13.3. The number of rotatable bonds is 9. The number of aryl methyl sites for hydroxylation is 2. The molecule has 0 aliphatic heterocycles. The van der Waals surface area contributed by atoms with Gasteiger partial charge in [0.25, 0.3) is 0 Å². The molecular weight excluding hydrogens is 460 g/mol. The summed E-state index contributed by atoms with van der Waals surface area (Å²) in [5, 5.41) is 10.5. The Balaban J connectivity index is 2.33. The lowest BCUT2D eigenvalue weighted by molar-refractivity contribution is -0.133. The van der Waals surface area contributed by atoms with Gasteiger partial charge in [-0.1, -0.05) is 66.6 Å². The highest BCUT2D eigenvalue weighted by atomic mass is 32.2. The highest BCUT2D eigenvalue weighted by molar-refractivity contribution is 7.99. The zero-order valence-corrected chi connectivity index (χ0v) is 24.1. The number of carbonyl (C=O) groups is 1. The van der Waals surface area contributed by atoms with E-state index in [1.165, 1.54) is 12.8 Å². The van der Waals surface area contributed by atoms with Crippen molar-refractivity contribution < 1.29 is 14.6 Å². The fourth-order valence-electron chi connectivity index (χ4n) is 3.62. The number of esters is 1. The summed E-state index contributed by atoms with van der Waals surface area (Å²) in [5.41, 5.74) is 3.77. The Kier molecular flexibility index (Phi) is 10.0. The molecule has 1 N–H and O–H groups in total. The van der Waals surface area contributed by atoms with Crippen LogP contribution >= 0.6 is 23.5 Å². The fourth-order valence-corrected chi connectivity index (χ4v) is 5.66. The van der Waals surface area contributed by atoms with Crippen LogP contribution in [0.4, 0.5) is 0 Å². The largest absolute Gasteiger partial charge is 0.508 e. The summed E-state index contributed by atoms with van der Waals surface area (Å²) in [7, 11) is 0. The highest BCUT2D eigenvalue weighted by Gasteiger charge is 2.24. The Labute approximate surface area is 215 Å². The molecule has 0 amide bonds. The van der Waals surface area contributed by atoms with Gasteiger partial charge < -0.3 is 9.84 Å². The summed E-state index contributed by atoms with van der Waals surface area (Å²) in [4.78, 5) is 14.8. The number of ether oxygens (including phenoxy) is 1. The van der Waals surface area contributed by atoms with Gasteiger partial charge in [0.1, 0.15) is 11.5 Å². The Bertz CT molecular complexity index is 998. The SMILES string of the molecule is CCCCSCCC(=O)Oc1cc(C)c(Sc2cc(C(C)(C)C)c(O)cc2C)cc1C(C)(C)C. The van der Waals surface area contributed by atoms with Gasteiger partial charge in [-0.15, -0.1) is 0 Å². The predicted molar refractivity (Wildman–Crippen MR) is 148 cm³/mol. The number of carbonyl (C=O) groups excluding carboxylic acids is 1. The van der Waals surface area contributed by atoms with E-state index in [1.54, 1.807) is 11.8 Å². The second kappa shape index (κ2) is 11.9. The molecule has 0 aliphatic rings. The first-order valence-corrected chi connectivity index (χ1v) is 14.2. The third-order valence-corrected chi connectivity index (χ3v) is 8.11. The third-order valence-electron chi connectivity index (χ3n) is 5.72. The summed E-state index contributed by atoms with van der Waals surface area (Å²) in [6.07, 6.45) is 2.79. The minimum absolute atomic E-state index is 0.147. The van der Waals surface area contributed by atoms with Gasteiger partial charge in [0.2, 0.25) is 0 Å². The number of benzene rings is 2. The first kappa shape index (κ1) is 28.6. The molecule has 0 spiro atoms. The molecule has 0 unspecified atom stereocenters. The van der Waals surface area contributed by atoms with Gasteiger partial charge in [0.05, 0.1) is 6.42 Å². The Morgan fingerprint density at radius 3 is 2.00 bits per heavy atom. The monoisotopic (exact) mass is 502 g/mol. The lowest BCUT2D eigenvalue weighted by atomic mass is 9.86. The van der Waals surface area contributed by atoms with Gasteiger partial charge >= 0.3 is 5.97 Å². The van der Waals surface area contributed by atoms with Crippen molar-refractivity contribution in [1.29, 1.82) is 0 Å². The van der Waals surface area contributed by atoms with Crippen LogP contribution in [-0.4, -0.2) is 22.6 Å². The van der Waals surface area contributed by atoms with Crippen molar-refractivity contribution in [3.8, 4) is 11.5 Å². The number of hydrogen-bond acceptors (Lipinski definition) is 5. The molecule has 188 valence electrons. The van der Waals surface area contributed by atoms with Crippen molar-refractivity contribution >= 4 is 29.5 Å². The van der Waals surface area contributed by atoms with E-state index in [9.17, 15) is 9.90 Å². The van der Waals surface area contributed by atoms with E-state index in [0.717, 1.165) is 43.6 Å². The lowest BCUT2D eigenvalue weighted by Gasteiger charge is -2.25. The Hall–Kier alpha value is -1.59. The fraction of sp³-hybridized carbons (Fsp3) is 0.552. The van der Waals surface area contributed by atoms with Crippen LogP contribution < -0.4 is 4.74 Å². The van der Waals surface area contributed by atoms with Crippen molar-refractivity contribution in [2.45, 2.75) is 102 Å². The smallest absolute Gasteiger partial charge is 0.312 e. The number of phenolic OH excluding ortho intramolecular Hbond substituents is 1. The topological polar surface area (TPSA) is 46.5 Å². The van der Waals surface area contributed by atoms with Crippen LogP contribution in [0.25, 0.3) is 0 Å². The Morgan fingerprint density at radius 2 is 1.44 bits per heavy atom. The van der Waals surface area contributed by atoms with Crippen molar-refractivity contribution in [1.82, 2.24) is 0 Å². The average Bonchev–Trinajstić information content (AvgIpc) is 2.69. The molecule has 0 aromatic heterocycles. The van der Waals surface area contributed by atoms with Crippen molar-refractivity contribution in [3.05, 3.63) is 46.5 Å². The lowest BCUT2D eigenvalue weighted by Crippen LogP contribution is -2.17. The molecule has 2 aromatic carbocycles. The van der Waals surface area contributed by atoms with Crippen molar-refractivity contribution in [2.75, 3.05) is 11.5 Å². The minimum atomic E-state index is -0.172. The molecule has 5 heteroatoms. The van der Waals surface area contributed by atoms with Gasteiger partial charge in [0, 0.05) is 26.7 Å². The van der Waals surface area contributed by atoms with E-state index in [4.69, 9.17) is 4.74 Å². The predicted octanol–water partition coefficient (Wildman–Crippen LogP) is 8.58. The molecule has 0 saturated carbocycles. The molecule has 0 saturated heterocycles. The zero-order valence-electron chi connectivity index (χ0n) is 22.4. The van der Waals surface area contributed by atoms with Crippen LogP contribution in [0.15, 0.2) is 34.1 Å². The summed E-state index contributed by atoms with van der Waals surface area (Å²) in [5.74, 6) is 2.73. The van der Waals surface area contributed by atoms with Gasteiger partial charge in [0.15, 0.2) is 0 Å². The van der Waals surface area contributed by atoms with E-state index in [2.05, 4.69) is 67.5 Å². The summed E-state index contributed by atoms with van der Waals surface area (Å²) < 4.78 is 5.87. The van der Waals surface area contributed by atoms with E-state index in [0.29, 0.717) is 17.9 Å². The third kappa shape index (κ3) is 7.98. The van der Waals surface area contributed by atoms with Crippen molar-refractivity contribution in [3.63, 3.8) is 0 Å². The second-order valence-electron chi connectivity index (χ2n) is 11.0. The van der Waals surface area contributed by atoms with E-state index in [-0.39, 0.29) is 16.8 Å². The van der Waals surface area contributed by atoms with E-state index < -0.39 is 0 Å². The van der Waals surface area contributed by atoms with Crippen LogP contribution in [0.2, 0.25) is 0 Å². The summed E-state index contributed by atoms with van der Waals surface area (Å²) >= 11 is 3.52.